The first-order valence-corrected chi connectivity index (χ1v) is 12.9. The Bertz CT molecular complexity index is 1240. The smallest absolute Gasteiger partial charge is 0.123 e. The van der Waals surface area contributed by atoms with E-state index in [0.29, 0.717) is 0 Å². The van der Waals surface area contributed by atoms with Crippen LogP contribution >= 0.6 is 7.26 Å². The lowest BCUT2D eigenvalue weighted by atomic mass is 10.3. The van der Waals surface area contributed by atoms with Gasteiger partial charge in [-0.25, -0.2) is 9.07 Å². The number of hydrogen-bond donors (Lipinski definition) is 0. The van der Waals surface area contributed by atoms with Crippen LogP contribution in [0.3, 0.4) is 0 Å². The average Bonchev–Trinajstić information content (AvgIpc) is 3.24. The minimum absolute atomic E-state index is 0. The molecule has 0 saturated carbocycles. The molecule has 0 aliphatic carbocycles. The number of halogens is 2. The summed E-state index contributed by atoms with van der Waals surface area (Å²) in [6, 6.07) is 38.6. The lowest BCUT2D eigenvalue weighted by Gasteiger charge is -2.28. The van der Waals surface area contributed by atoms with Crippen LogP contribution in [0.5, 0.6) is 0 Å². The van der Waals surface area contributed by atoms with Crippen molar-refractivity contribution in [3.63, 3.8) is 0 Å². The number of nitrogens with zero attached hydrogens (tertiary/aromatic N) is 3. The molecule has 1 heterocycles. The van der Waals surface area contributed by atoms with Gasteiger partial charge in [0.05, 0.1) is 11.4 Å². The van der Waals surface area contributed by atoms with Crippen molar-refractivity contribution in [1.29, 1.82) is 0 Å². The molecule has 5 aromatic rings. The molecule has 5 rings (SSSR count). The summed E-state index contributed by atoms with van der Waals surface area (Å²) in [5, 5.41) is 12.8. The molecule has 0 bridgehead atoms. The molecule has 0 aliphatic rings. The van der Waals surface area contributed by atoms with Crippen LogP contribution in [0.1, 0.15) is 11.4 Å². The van der Waals surface area contributed by atoms with Gasteiger partial charge in [-0.3, -0.25) is 0 Å². The summed E-state index contributed by atoms with van der Waals surface area (Å²) in [7, 11) is -2.10. The van der Waals surface area contributed by atoms with Gasteiger partial charge in [0.15, 0.2) is 0 Å². The van der Waals surface area contributed by atoms with E-state index < -0.39 is 7.26 Å². The number of hydrogen-bond acceptors (Lipinski definition) is 2. The molecule has 0 unspecified atom stereocenters. The Morgan fingerprint density at radius 2 is 1.12 bits per heavy atom. The third-order valence-electron chi connectivity index (χ3n) is 6.01. The predicted molar refractivity (Wildman–Crippen MR) is 135 cm³/mol. The summed E-state index contributed by atoms with van der Waals surface area (Å²) in [5.41, 5.74) is 2.72. The Hall–Kier alpha value is -3.33. The summed E-state index contributed by atoms with van der Waals surface area (Å²) >= 11 is 0. The maximum absolute atomic E-state index is 13.6. The maximum atomic E-state index is 13.6. The zero-order chi connectivity index (χ0) is 22.7. The molecule has 6 heteroatoms. The quantitative estimate of drug-likeness (QED) is 0.344. The Balaban J connectivity index is 0.00000274. The summed E-state index contributed by atoms with van der Waals surface area (Å²) in [6.45, 7) is 2.00. The standard InChI is InChI=1S/C28H24FN3P.ClH/c1-22-28(32(31-30-22)24-19-17-23(29)18-20-24)21-33(25-11-5-2-6-12-25,26-13-7-3-8-14-26)27-15-9-4-10-16-27;/h2-20H,21H2,1H3;1H/q+1;/p-1. The van der Waals surface area contributed by atoms with E-state index in [-0.39, 0.29) is 18.2 Å². The molecule has 34 heavy (non-hydrogen) atoms. The van der Waals surface area contributed by atoms with Gasteiger partial charge in [-0.05, 0) is 67.6 Å². The van der Waals surface area contributed by atoms with E-state index >= 15 is 0 Å². The van der Waals surface area contributed by atoms with Gasteiger partial charge in [0.1, 0.15) is 40.8 Å². The summed E-state index contributed by atoms with van der Waals surface area (Å²) in [5.74, 6) is -0.267. The number of rotatable bonds is 6. The summed E-state index contributed by atoms with van der Waals surface area (Å²) in [4.78, 5) is 0. The Morgan fingerprint density at radius 3 is 1.56 bits per heavy atom. The van der Waals surface area contributed by atoms with Crippen LogP contribution in [0.2, 0.25) is 0 Å². The minimum atomic E-state index is -2.10. The van der Waals surface area contributed by atoms with E-state index in [9.17, 15) is 4.39 Å². The third kappa shape index (κ3) is 4.40. The van der Waals surface area contributed by atoms with Crippen LogP contribution < -0.4 is 28.3 Å². The van der Waals surface area contributed by atoms with E-state index in [0.717, 1.165) is 23.2 Å². The van der Waals surface area contributed by atoms with E-state index in [4.69, 9.17) is 0 Å². The van der Waals surface area contributed by atoms with Crippen molar-refractivity contribution in [2.75, 3.05) is 0 Å². The zero-order valence-electron chi connectivity index (χ0n) is 18.7. The molecule has 1 aromatic heterocycles. The van der Waals surface area contributed by atoms with Crippen LogP contribution in [-0.4, -0.2) is 15.0 Å². The monoisotopic (exact) mass is 487 g/mol. The first kappa shape index (κ1) is 23.8. The van der Waals surface area contributed by atoms with Gasteiger partial charge in [-0.1, -0.05) is 59.8 Å². The van der Waals surface area contributed by atoms with Crippen molar-refractivity contribution in [2.24, 2.45) is 0 Å². The second-order valence-electron chi connectivity index (χ2n) is 7.98. The molecule has 170 valence electrons. The highest BCUT2D eigenvalue weighted by Crippen LogP contribution is 2.58. The van der Waals surface area contributed by atoms with Crippen LogP contribution in [0, 0.1) is 12.7 Å². The van der Waals surface area contributed by atoms with Crippen LogP contribution in [0.15, 0.2) is 115 Å². The van der Waals surface area contributed by atoms with Gasteiger partial charge in [0, 0.05) is 0 Å². The normalized spacial score (nSPS) is 11.1. The molecule has 0 fully saturated rings. The molecular formula is C28H24ClFN3P. The van der Waals surface area contributed by atoms with E-state index in [1.807, 2.05) is 11.6 Å². The fourth-order valence-electron chi connectivity index (χ4n) is 4.34. The topological polar surface area (TPSA) is 30.7 Å². The van der Waals surface area contributed by atoms with Crippen molar-refractivity contribution in [2.45, 2.75) is 13.1 Å². The Labute approximate surface area is 206 Å². The third-order valence-corrected chi connectivity index (χ3v) is 10.3. The second kappa shape index (κ2) is 10.3. The highest BCUT2D eigenvalue weighted by atomic mass is 35.5. The van der Waals surface area contributed by atoms with Crippen LogP contribution in [0.4, 0.5) is 4.39 Å². The van der Waals surface area contributed by atoms with Crippen molar-refractivity contribution < 1.29 is 16.8 Å². The highest BCUT2D eigenvalue weighted by Gasteiger charge is 2.46. The minimum Gasteiger partial charge on any atom is -1.00 e. The van der Waals surface area contributed by atoms with Crippen molar-refractivity contribution in [3.05, 3.63) is 132 Å². The SMILES string of the molecule is Cc1nnn(-c2ccc(F)cc2)c1C[P+](c1ccccc1)(c1ccccc1)c1ccccc1.[Cl-]. The van der Waals surface area contributed by atoms with Crippen molar-refractivity contribution >= 4 is 23.2 Å². The maximum Gasteiger partial charge on any atom is 0.123 e. The molecule has 0 spiro atoms. The molecule has 3 nitrogen and oxygen atoms in total. The molecule has 0 amide bonds. The molecule has 0 aliphatic heterocycles. The predicted octanol–water partition coefficient (Wildman–Crippen LogP) is 2.21. The molecule has 0 N–H and O–H groups in total. The van der Waals surface area contributed by atoms with Gasteiger partial charge >= 0.3 is 0 Å². The zero-order valence-corrected chi connectivity index (χ0v) is 20.4. The van der Waals surface area contributed by atoms with E-state index in [2.05, 4.69) is 101 Å². The number of aromatic nitrogens is 3. The van der Waals surface area contributed by atoms with Gasteiger partial charge in [-0.2, -0.15) is 0 Å². The second-order valence-corrected chi connectivity index (χ2v) is 11.5. The highest BCUT2D eigenvalue weighted by molar-refractivity contribution is 7.95. The van der Waals surface area contributed by atoms with Crippen molar-refractivity contribution in [3.8, 4) is 5.69 Å². The first-order valence-electron chi connectivity index (χ1n) is 10.9. The van der Waals surface area contributed by atoms with Crippen LogP contribution in [0.25, 0.3) is 5.69 Å². The Kier molecular flexibility index (Phi) is 7.21. The van der Waals surface area contributed by atoms with E-state index in [1.54, 1.807) is 12.1 Å². The average molecular weight is 488 g/mol. The first-order chi connectivity index (χ1) is 16.2. The van der Waals surface area contributed by atoms with Gasteiger partial charge in [0.2, 0.25) is 0 Å². The number of aryl methyl sites for hydroxylation is 1. The van der Waals surface area contributed by atoms with E-state index in [1.165, 1.54) is 28.0 Å². The summed E-state index contributed by atoms with van der Waals surface area (Å²) in [6.07, 6.45) is 0.751. The molecular weight excluding hydrogens is 464 g/mol. The summed E-state index contributed by atoms with van der Waals surface area (Å²) < 4.78 is 15.5. The number of benzene rings is 4. The van der Waals surface area contributed by atoms with Gasteiger partial charge in [-0.15, -0.1) is 5.10 Å². The van der Waals surface area contributed by atoms with Crippen molar-refractivity contribution in [1.82, 2.24) is 15.0 Å². The molecule has 0 radical (unpaired) electrons. The largest absolute Gasteiger partial charge is 1.00 e. The molecule has 0 atom stereocenters. The fraction of sp³-hybridized carbons (Fsp3) is 0.0714. The van der Waals surface area contributed by atoms with Gasteiger partial charge in [0.25, 0.3) is 0 Å². The molecule has 4 aromatic carbocycles. The Morgan fingerprint density at radius 1 is 0.676 bits per heavy atom. The van der Waals surface area contributed by atoms with Crippen LogP contribution in [-0.2, 0) is 6.16 Å². The fourth-order valence-corrected chi connectivity index (χ4v) is 8.64. The molecule has 0 saturated heterocycles. The van der Waals surface area contributed by atoms with Gasteiger partial charge < -0.3 is 12.4 Å². The lowest BCUT2D eigenvalue weighted by molar-refractivity contribution is -0.00000723. The lowest BCUT2D eigenvalue weighted by Crippen LogP contribution is -3.00.